The molecule has 4 heteroatoms. The van der Waals surface area contributed by atoms with Crippen LogP contribution in [0.5, 0.6) is 0 Å². The number of amides is 1. The first-order chi connectivity index (χ1) is 7.15. The lowest BCUT2D eigenvalue weighted by Crippen LogP contribution is -2.52. The van der Waals surface area contributed by atoms with Crippen LogP contribution >= 0.6 is 15.9 Å². The number of rotatable bonds is 3. The Bertz CT molecular complexity index is 363. The molecule has 0 bridgehead atoms. The van der Waals surface area contributed by atoms with Gasteiger partial charge in [0.1, 0.15) is 0 Å². The van der Waals surface area contributed by atoms with Crippen LogP contribution in [0.3, 0.4) is 0 Å². The maximum atomic E-state index is 11.8. The summed E-state index contributed by atoms with van der Waals surface area (Å²) in [5, 5.41) is 3.06. The predicted octanol–water partition coefficient (Wildman–Crippen LogP) is 3.10. The van der Waals surface area contributed by atoms with Crippen LogP contribution < -0.4 is 5.32 Å². The molecular weight excluding hydrogens is 258 g/mol. The van der Waals surface area contributed by atoms with E-state index in [0.29, 0.717) is 10.4 Å². The van der Waals surface area contributed by atoms with Gasteiger partial charge in [0.25, 0.3) is 5.91 Å². The number of carbonyl (C=O) groups is 1. The van der Waals surface area contributed by atoms with Gasteiger partial charge in [0, 0.05) is 5.54 Å². The van der Waals surface area contributed by atoms with Crippen molar-refractivity contribution in [3.05, 3.63) is 22.6 Å². The molecule has 1 fully saturated rings. The summed E-state index contributed by atoms with van der Waals surface area (Å²) in [5.74, 6) is 0.267. The number of nitrogens with one attached hydrogen (secondary N) is 1. The summed E-state index contributed by atoms with van der Waals surface area (Å²) >= 11 is 3.18. The highest BCUT2D eigenvalue weighted by molar-refractivity contribution is 9.10. The largest absolute Gasteiger partial charge is 0.444 e. The molecule has 0 aromatic carbocycles. The van der Waals surface area contributed by atoms with Crippen molar-refractivity contribution in [1.82, 2.24) is 5.32 Å². The van der Waals surface area contributed by atoms with Crippen molar-refractivity contribution in [2.75, 3.05) is 0 Å². The Kier molecular flexibility index (Phi) is 2.87. The van der Waals surface area contributed by atoms with Gasteiger partial charge in [-0.15, -0.1) is 0 Å². The maximum absolute atomic E-state index is 11.8. The molecule has 1 heterocycles. The zero-order valence-electron chi connectivity index (χ0n) is 8.68. The molecule has 1 aliphatic carbocycles. The minimum atomic E-state index is -0.109. The van der Waals surface area contributed by atoms with Gasteiger partial charge in [0.2, 0.25) is 0 Å². The van der Waals surface area contributed by atoms with Crippen molar-refractivity contribution < 1.29 is 9.21 Å². The fraction of sp³-hybridized carbons (Fsp3) is 0.545. The summed E-state index contributed by atoms with van der Waals surface area (Å²) in [5.41, 5.74) is 0.0242. The highest BCUT2D eigenvalue weighted by Gasteiger charge is 2.37. The molecule has 1 saturated carbocycles. The number of halogens is 1. The van der Waals surface area contributed by atoms with Gasteiger partial charge in [-0.05, 0) is 53.7 Å². The standard InChI is InChI=1S/C11H14BrNO2/c1-2-11(6-3-7-11)13-10(14)8-4-5-9(12)15-8/h4-5H,2-3,6-7H2,1H3,(H,13,14). The number of hydrogen-bond acceptors (Lipinski definition) is 2. The van der Waals surface area contributed by atoms with Gasteiger partial charge in [-0.3, -0.25) is 4.79 Å². The molecule has 0 unspecified atom stereocenters. The molecule has 15 heavy (non-hydrogen) atoms. The quantitative estimate of drug-likeness (QED) is 0.918. The van der Waals surface area contributed by atoms with E-state index in [2.05, 4.69) is 28.2 Å². The summed E-state index contributed by atoms with van der Waals surface area (Å²) in [6, 6.07) is 3.41. The normalized spacial score (nSPS) is 18.3. The van der Waals surface area contributed by atoms with Gasteiger partial charge in [-0.25, -0.2) is 0 Å². The predicted molar refractivity (Wildman–Crippen MR) is 60.7 cm³/mol. The molecule has 0 aliphatic heterocycles. The highest BCUT2D eigenvalue weighted by atomic mass is 79.9. The summed E-state index contributed by atoms with van der Waals surface area (Å²) in [6.45, 7) is 2.11. The number of carbonyl (C=O) groups excluding carboxylic acids is 1. The van der Waals surface area contributed by atoms with E-state index in [9.17, 15) is 4.79 Å². The minimum absolute atomic E-state index is 0.0242. The van der Waals surface area contributed by atoms with E-state index in [0.717, 1.165) is 19.3 Å². The molecule has 0 radical (unpaired) electrons. The Morgan fingerprint density at radius 3 is 2.73 bits per heavy atom. The topological polar surface area (TPSA) is 42.2 Å². The van der Waals surface area contributed by atoms with Crippen molar-refractivity contribution in [3.63, 3.8) is 0 Å². The van der Waals surface area contributed by atoms with Crippen LogP contribution in [-0.2, 0) is 0 Å². The zero-order valence-corrected chi connectivity index (χ0v) is 10.3. The second-order valence-electron chi connectivity index (χ2n) is 4.05. The third-order valence-electron chi connectivity index (χ3n) is 3.16. The zero-order chi connectivity index (χ0) is 10.9. The van der Waals surface area contributed by atoms with Crippen molar-refractivity contribution in [1.29, 1.82) is 0 Å². The van der Waals surface area contributed by atoms with Crippen LogP contribution in [0.4, 0.5) is 0 Å². The van der Waals surface area contributed by atoms with Crippen molar-refractivity contribution in [3.8, 4) is 0 Å². The van der Waals surface area contributed by atoms with Gasteiger partial charge >= 0.3 is 0 Å². The lowest BCUT2D eigenvalue weighted by atomic mass is 9.75. The third kappa shape index (κ3) is 2.09. The molecule has 3 nitrogen and oxygen atoms in total. The second kappa shape index (κ2) is 4.00. The molecule has 1 aliphatic rings. The minimum Gasteiger partial charge on any atom is -0.444 e. The number of hydrogen-bond donors (Lipinski definition) is 1. The molecule has 1 aromatic rings. The first-order valence-electron chi connectivity index (χ1n) is 5.23. The Morgan fingerprint density at radius 2 is 2.33 bits per heavy atom. The molecule has 82 valence electrons. The third-order valence-corrected chi connectivity index (χ3v) is 3.59. The average molecular weight is 272 g/mol. The lowest BCUT2D eigenvalue weighted by molar-refractivity contribution is 0.0790. The van der Waals surface area contributed by atoms with Crippen LogP contribution in [-0.4, -0.2) is 11.4 Å². The SMILES string of the molecule is CCC1(NC(=O)c2ccc(Br)o2)CCC1. The van der Waals surface area contributed by atoms with Crippen molar-refractivity contribution in [2.45, 2.75) is 38.1 Å². The first-order valence-corrected chi connectivity index (χ1v) is 6.02. The van der Waals surface area contributed by atoms with Crippen molar-refractivity contribution in [2.24, 2.45) is 0 Å². The molecule has 1 aromatic heterocycles. The Labute approximate surface area is 97.4 Å². The van der Waals surface area contributed by atoms with E-state index >= 15 is 0 Å². The summed E-state index contributed by atoms with van der Waals surface area (Å²) < 4.78 is 5.80. The van der Waals surface area contributed by atoms with E-state index in [1.54, 1.807) is 12.1 Å². The molecule has 0 atom stereocenters. The lowest BCUT2D eigenvalue weighted by Gasteiger charge is -2.41. The molecule has 0 spiro atoms. The fourth-order valence-electron chi connectivity index (χ4n) is 1.91. The molecule has 1 amide bonds. The Hall–Kier alpha value is -0.770. The van der Waals surface area contributed by atoms with E-state index in [1.807, 2.05) is 0 Å². The van der Waals surface area contributed by atoms with Crippen LogP contribution in [0.1, 0.15) is 43.2 Å². The number of furan rings is 1. The van der Waals surface area contributed by atoms with Gasteiger partial charge in [-0.2, -0.15) is 0 Å². The van der Waals surface area contributed by atoms with Crippen LogP contribution in [0, 0.1) is 0 Å². The second-order valence-corrected chi connectivity index (χ2v) is 4.83. The molecule has 1 N–H and O–H groups in total. The molecule has 2 rings (SSSR count). The van der Waals surface area contributed by atoms with Crippen LogP contribution in [0.25, 0.3) is 0 Å². The summed E-state index contributed by atoms with van der Waals surface area (Å²) in [4.78, 5) is 11.8. The van der Waals surface area contributed by atoms with Crippen LogP contribution in [0.2, 0.25) is 0 Å². The smallest absolute Gasteiger partial charge is 0.287 e. The highest BCUT2D eigenvalue weighted by Crippen LogP contribution is 2.34. The monoisotopic (exact) mass is 271 g/mol. The van der Waals surface area contributed by atoms with E-state index in [4.69, 9.17) is 4.42 Å². The molecule has 0 saturated heterocycles. The molecular formula is C11H14BrNO2. The Balaban J connectivity index is 2.03. The van der Waals surface area contributed by atoms with Crippen molar-refractivity contribution >= 4 is 21.8 Å². The first kappa shape index (κ1) is 10.7. The Morgan fingerprint density at radius 1 is 1.60 bits per heavy atom. The van der Waals surface area contributed by atoms with Gasteiger partial charge < -0.3 is 9.73 Å². The average Bonchev–Trinajstić information content (AvgIpc) is 2.58. The van der Waals surface area contributed by atoms with E-state index in [-0.39, 0.29) is 11.4 Å². The van der Waals surface area contributed by atoms with E-state index in [1.165, 1.54) is 6.42 Å². The summed E-state index contributed by atoms with van der Waals surface area (Å²) in [7, 11) is 0. The van der Waals surface area contributed by atoms with E-state index < -0.39 is 0 Å². The summed E-state index contributed by atoms with van der Waals surface area (Å²) in [6.07, 6.45) is 4.35. The maximum Gasteiger partial charge on any atom is 0.287 e. The van der Waals surface area contributed by atoms with Gasteiger partial charge in [0.05, 0.1) is 0 Å². The van der Waals surface area contributed by atoms with Crippen LogP contribution in [0.15, 0.2) is 21.2 Å². The fourth-order valence-corrected chi connectivity index (χ4v) is 2.22. The van der Waals surface area contributed by atoms with Gasteiger partial charge in [0.15, 0.2) is 10.4 Å². The van der Waals surface area contributed by atoms with Gasteiger partial charge in [-0.1, -0.05) is 6.92 Å².